The number of carbonyl (C=O) groups excluding carboxylic acids is 1. The predicted octanol–water partition coefficient (Wildman–Crippen LogP) is 5.67. The Labute approximate surface area is 159 Å². The summed E-state index contributed by atoms with van der Waals surface area (Å²) in [6.45, 7) is 0. The van der Waals surface area contributed by atoms with E-state index in [0.29, 0.717) is 37.7 Å². The Bertz CT molecular complexity index is 937. The van der Waals surface area contributed by atoms with Crippen molar-refractivity contribution in [1.29, 1.82) is 0 Å². The molecule has 0 unspecified atom stereocenters. The molecule has 1 N–H and O–H groups in total. The summed E-state index contributed by atoms with van der Waals surface area (Å²) in [7, 11) is 0. The van der Waals surface area contributed by atoms with Crippen LogP contribution in [-0.4, -0.2) is 12.1 Å². The van der Waals surface area contributed by atoms with Crippen LogP contribution in [0, 0.1) is 0 Å². The Balaban J connectivity index is 1.72. The van der Waals surface area contributed by atoms with Gasteiger partial charge in [0.1, 0.15) is 11.5 Å². The van der Waals surface area contributed by atoms with Crippen molar-refractivity contribution in [2.45, 2.75) is 0 Å². The predicted molar refractivity (Wildman–Crippen MR) is 101 cm³/mol. The Morgan fingerprint density at radius 1 is 0.960 bits per heavy atom. The van der Waals surface area contributed by atoms with Gasteiger partial charge < -0.3 is 4.42 Å². The number of nitrogens with zero attached hydrogens (tertiary/aromatic N) is 1. The third kappa shape index (κ3) is 4.23. The molecule has 0 fully saturated rings. The minimum absolute atomic E-state index is 0.309. The molecule has 126 valence electrons. The molecule has 3 rings (SSSR count). The maximum atomic E-state index is 11.9. The number of hydrogen-bond acceptors (Lipinski definition) is 3. The van der Waals surface area contributed by atoms with Crippen molar-refractivity contribution in [2.75, 3.05) is 0 Å². The SMILES string of the molecule is O=C(N/N=C/c1ccc(-c2cc(Cl)c(Cl)cc2Cl)o1)c1ccccc1. The average Bonchev–Trinajstić information content (AvgIpc) is 3.07. The van der Waals surface area contributed by atoms with Crippen LogP contribution >= 0.6 is 34.8 Å². The van der Waals surface area contributed by atoms with E-state index in [4.69, 9.17) is 39.2 Å². The first kappa shape index (κ1) is 17.5. The number of hydrogen-bond donors (Lipinski definition) is 1. The summed E-state index contributed by atoms with van der Waals surface area (Å²) in [5.74, 6) is 0.654. The van der Waals surface area contributed by atoms with Crippen LogP contribution < -0.4 is 5.43 Å². The highest BCUT2D eigenvalue weighted by atomic mass is 35.5. The van der Waals surface area contributed by atoms with Crippen LogP contribution in [0.3, 0.4) is 0 Å². The monoisotopic (exact) mass is 392 g/mol. The highest BCUT2D eigenvalue weighted by Crippen LogP contribution is 2.35. The molecule has 3 aromatic rings. The lowest BCUT2D eigenvalue weighted by Crippen LogP contribution is -2.17. The molecule has 0 saturated heterocycles. The number of amides is 1. The molecule has 0 spiro atoms. The minimum atomic E-state index is -0.309. The molecular formula is C18H11Cl3N2O2. The highest BCUT2D eigenvalue weighted by Gasteiger charge is 2.11. The number of furan rings is 1. The lowest BCUT2D eigenvalue weighted by Gasteiger charge is -2.03. The molecule has 1 aromatic heterocycles. The van der Waals surface area contributed by atoms with Crippen molar-refractivity contribution < 1.29 is 9.21 Å². The Hall–Kier alpha value is -2.27. The molecule has 0 aliphatic heterocycles. The first-order valence-electron chi connectivity index (χ1n) is 7.18. The van der Waals surface area contributed by atoms with Crippen molar-refractivity contribution in [2.24, 2.45) is 5.10 Å². The molecule has 0 radical (unpaired) electrons. The molecule has 2 aromatic carbocycles. The second-order valence-electron chi connectivity index (χ2n) is 5.01. The van der Waals surface area contributed by atoms with Gasteiger partial charge in [0.05, 0.1) is 21.3 Å². The zero-order chi connectivity index (χ0) is 17.8. The first-order chi connectivity index (χ1) is 12.0. The fourth-order valence-electron chi connectivity index (χ4n) is 2.09. The van der Waals surface area contributed by atoms with Crippen LogP contribution in [0.15, 0.2) is 64.1 Å². The molecule has 7 heteroatoms. The van der Waals surface area contributed by atoms with Crippen molar-refractivity contribution in [1.82, 2.24) is 5.43 Å². The van der Waals surface area contributed by atoms with Gasteiger partial charge in [0, 0.05) is 11.1 Å². The summed E-state index contributed by atoms with van der Waals surface area (Å²) >= 11 is 18.1. The van der Waals surface area contributed by atoms with Gasteiger partial charge in [-0.05, 0) is 36.4 Å². The summed E-state index contributed by atoms with van der Waals surface area (Å²) in [6, 6.07) is 15.4. The van der Waals surface area contributed by atoms with Crippen molar-refractivity contribution in [3.05, 3.63) is 81.0 Å². The standard InChI is InChI=1S/C18H11Cl3N2O2/c19-14-9-16(21)15(20)8-13(14)17-7-6-12(25-17)10-22-23-18(24)11-4-2-1-3-5-11/h1-10H,(H,23,24)/b22-10+. The van der Waals surface area contributed by atoms with Crippen LogP contribution in [0.1, 0.15) is 16.1 Å². The summed E-state index contributed by atoms with van der Waals surface area (Å²) in [4.78, 5) is 11.9. The number of benzene rings is 2. The summed E-state index contributed by atoms with van der Waals surface area (Å²) < 4.78 is 5.65. The van der Waals surface area contributed by atoms with Crippen molar-refractivity contribution in [3.8, 4) is 11.3 Å². The second-order valence-corrected chi connectivity index (χ2v) is 6.23. The summed E-state index contributed by atoms with van der Waals surface area (Å²) in [5, 5.41) is 5.05. The van der Waals surface area contributed by atoms with Gasteiger partial charge in [0.15, 0.2) is 0 Å². The van der Waals surface area contributed by atoms with E-state index in [2.05, 4.69) is 10.5 Å². The minimum Gasteiger partial charge on any atom is -0.455 e. The van der Waals surface area contributed by atoms with E-state index in [9.17, 15) is 4.79 Å². The molecule has 1 heterocycles. The summed E-state index contributed by atoms with van der Waals surface area (Å²) in [5.41, 5.74) is 3.56. The number of halogens is 3. The smallest absolute Gasteiger partial charge is 0.271 e. The third-order valence-electron chi connectivity index (χ3n) is 3.30. The van der Waals surface area contributed by atoms with E-state index in [-0.39, 0.29) is 5.91 Å². The van der Waals surface area contributed by atoms with Gasteiger partial charge in [-0.1, -0.05) is 53.0 Å². The molecule has 1 amide bonds. The maximum absolute atomic E-state index is 11.9. The van der Waals surface area contributed by atoms with E-state index < -0.39 is 0 Å². The van der Waals surface area contributed by atoms with Crippen molar-refractivity contribution in [3.63, 3.8) is 0 Å². The lowest BCUT2D eigenvalue weighted by atomic mass is 10.2. The van der Waals surface area contributed by atoms with Crippen LogP contribution in [0.4, 0.5) is 0 Å². The van der Waals surface area contributed by atoms with E-state index in [1.165, 1.54) is 6.21 Å². The maximum Gasteiger partial charge on any atom is 0.271 e. The van der Waals surface area contributed by atoms with E-state index in [1.807, 2.05) is 6.07 Å². The Kier molecular flexibility index (Phi) is 5.43. The second kappa shape index (κ2) is 7.74. The van der Waals surface area contributed by atoms with E-state index >= 15 is 0 Å². The zero-order valence-corrected chi connectivity index (χ0v) is 14.9. The number of carbonyl (C=O) groups is 1. The third-order valence-corrected chi connectivity index (χ3v) is 4.33. The topological polar surface area (TPSA) is 54.6 Å². The van der Waals surface area contributed by atoms with E-state index in [1.54, 1.807) is 48.5 Å². The largest absolute Gasteiger partial charge is 0.455 e. The molecule has 0 aliphatic carbocycles. The Morgan fingerprint density at radius 3 is 2.44 bits per heavy atom. The van der Waals surface area contributed by atoms with Crippen LogP contribution in [0.5, 0.6) is 0 Å². The molecule has 0 bridgehead atoms. The van der Waals surface area contributed by atoms with E-state index in [0.717, 1.165) is 0 Å². The van der Waals surface area contributed by atoms with Gasteiger partial charge >= 0.3 is 0 Å². The molecule has 0 atom stereocenters. The lowest BCUT2D eigenvalue weighted by molar-refractivity contribution is 0.0955. The van der Waals surface area contributed by atoms with Gasteiger partial charge in [-0.25, -0.2) is 5.43 Å². The quantitative estimate of drug-likeness (QED) is 0.353. The Morgan fingerprint density at radius 2 is 1.68 bits per heavy atom. The highest BCUT2D eigenvalue weighted by molar-refractivity contribution is 6.44. The first-order valence-corrected chi connectivity index (χ1v) is 8.31. The van der Waals surface area contributed by atoms with Crippen LogP contribution in [0.2, 0.25) is 15.1 Å². The van der Waals surface area contributed by atoms with Crippen LogP contribution in [0.25, 0.3) is 11.3 Å². The molecule has 25 heavy (non-hydrogen) atoms. The molecule has 4 nitrogen and oxygen atoms in total. The molecule has 0 saturated carbocycles. The van der Waals surface area contributed by atoms with Crippen molar-refractivity contribution >= 4 is 46.9 Å². The normalized spacial score (nSPS) is 11.0. The number of nitrogens with one attached hydrogen (secondary N) is 1. The fraction of sp³-hybridized carbons (Fsp3) is 0. The average molecular weight is 394 g/mol. The van der Waals surface area contributed by atoms with Gasteiger partial charge in [0.25, 0.3) is 5.91 Å². The summed E-state index contributed by atoms with van der Waals surface area (Å²) in [6.07, 6.45) is 1.40. The van der Waals surface area contributed by atoms with Gasteiger partial charge in [-0.15, -0.1) is 0 Å². The zero-order valence-electron chi connectivity index (χ0n) is 12.7. The number of hydrazone groups is 1. The van der Waals surface area contributed by atoms with Gasteiger partial charge in [-0.3, -0.25) is 4.79 Å². The van der Waals surface area contributed by atoms with Gasteiger partial charge in [-0.2, -0.15) is 5.10 Å². The fourth-order valence-corrected chi connectivity index (χ4v) is 2.73. The van der Waals surface area contributed by atoms with Crippen LogP contribution in [-0.2, 0) is 0 Å². The van der Waals surface area contributed by atoms with Gasteiger partial charge in [0.2, 0.25) is 0 Å². The molecule has 0 aliphatic rings. The number of rotatable bonds is 4. The molecular weight excluding hydrogens is 383 g/mol.